The zero-order chi connectivity index (χ0) is 8.72. The maximum absolute atomic E-state index is 12.6. The van der Waals surface area contributed by atoms with Crippen molar-refractivity contribution in [3.8, 4) is 0 Å². The number of halogens is 3. The maximum Gasteiger partial charge on any atom is 0.194 e. The van der Waals surface area contributed by atoms with E-state index in [1.54, 1.807) is 0 Å². The highest BCUT2D eigenvalue weighted by molar-refractivity contribution is 5.38. The summed E-state index contributed by atoms with van der Waals surface area (Å²) < 4.78 is 37.6. The molecule has 0 nitrogen and oxygen atoms in total. The van der Waals surface area contributed by atoms with Crippen molar-refractivity contribution in [2.45, 2.75) is 12.8 Å². The first-order valence-electron chi connectivity index (χ1n) is 3.68. The fourth-order valence-corrected chi connectivity index (χ4v) is 1.11. The molecular formula is C9H6F3. The van der Waals surface area contributed by atoms with Crippen LogP contribution in [0, 0.1) is 23.4 Å². The van der Waals surface area contributed by atoms with Crippen molar-refractivity contribution in [3.05, 3.63) is 41.1 Å². The quantitative estimate of drug-likeness (QED) is 0.570. The predicted molar refractivity (Wildman–Crippen MR) is 37.9 cm³/mol. The van der Waals surface area contributed by atoms with Gasteiger partial charge in [0, 0.05) is 5.92 Å². The van der Waals surface area contributed by atoms with Crippen LogP contribution < -0.4 is 0 Å². The summed E-state index contributed by atoms with van der Waals surface area (Å²) in [6, 6.07) is 2.08. The van der Waals surface area contributed by atoms with Crippen molar-refractivity contribution >= 4 is 0 Å². The molecule has 0 amide bonds. The standard InChI is InChI=1S/C9H6F3/c10-7-3-6(5-1-2-5)4-8(11)9(7)12/h3-4H,1-2H2. The summed E-state index contributed by atoms with van der Waals surface area (Å²) in [5.74, 6) is -2.61. The number of benzene rings is 1. The molecule has 0 aromatic heterocycles. The van der Waals surface area contributed by atoms with Crippen molar-refractivity contribution < 1.29 is 13.2 Å². The molecule has 0 atom stereocenters. The largest absolute Gasteiger partial charge is 0.204 e. The summed E-state index contributed by atoms with van der Waals surface area (Å²) in [6.45, 7) is 0. The lowest BCUT2D eigenvalue weighted by Crippen LogP contribution is -1.93. The van der Waals surface area contributed by atoms with E-state index in [4.69, 9.17) is 0 Å². The van der Waals surface area contributed by atoms with Crippen LogP contribution in [0.4, 0.5) is 13.2 Å². The van der Waals surface area contributed by atoms with Gasteiger partial charge in [-0.05, 0) is 30.5 Å². The van der Waals surface area contributed by atoms with Gasteiger partial charge in [0.25, 0.3) is 0 Å². The molecule has 0 heterocycles. The molecule has 12 heavy (non-hydrogen) atoms. The first-order chi connectivity index (χ1) is 5.68. The second-order valence-electron chi connectivity index (χ2n) is 2.86. The van der Waals surface area contributed by atoms with Gasteiger partial charge >= 0.3 is 0 Å². The normalized spacial score (nSPS) is 16.6. The lowest BCUT2D eigenvalue weighted by Gasteiger charge is -1.99. The Bertz CT molecular complexity index is 293. The van der Waals surface area contributed by atoms with Crippen molar-refractivity contribution in [1.29, 1.82) is 0 Å². The molecule has 1 aliphatic rings. The van der Waals surface area contributed by atoms with E-state index in [-0.39, 0.29) is 0 Å². The summed E-state index contributed by atoms with van der Waals surface area (Å²) >= 11 is 0. The summed E-state index contributed by atoms with van der Waals surface area (Å²) in [4.78, 5) is 0. The highest BCUT2D eigenvalue weighted by atomic mass is 19.2. The highest BCUT2D eigenvalue weighted by Crippen LogP contribution is 2.39. The highest BCUT2D eigenvalue weighted by Gasteiger charge is 2.26. The van der Waals surface area contributed by atoms with Crippen LogP contribution in [-0.2, 0) is 0 Å². The van der Waals surface area contributed by atoms with Crippen LogP contribution in [0.25, 0.3) is 0 Å². The Morgan fingerprint density at radius 1 is 0.917 bits per heavy atom. The number of hydrogen-bond donors (Lipinski definition) is 0. The van der Waals surface area contributed by atoms with Crippen LogP contribution in [0.15, 0.2) is 12.1 Å². The summed E-state index contributed by atoms with van der Waals surface area (Å²) in [6.07, 6.45) is 1.73. The van der Waals surface area contributed by atoms with E-state index in [2.05, 4.69) is 0 Å². The second-order valence-corrected chi connectivity index (χ2v) is 2.86. The van der Waals surface area contributed by atoms with Crippen LogP contribution in [0.2, 0.25) is 0 Å². The first-order valence-corrected chi connectivity index (χ1v) is 3.68. The molecule has 2 rings (SSSR count). The smallest absolute Gasteiger partial charge is 0.194 e. The van der Waals surface area contributed by atoms with Gasteiger partial charge in [0.2, 0.25) is 0 Å². The van der Waals surface area contributed by atoms with Gasteiger partial charge in [-0.3, -0.25) is 0 Å². The number of hydrogen-bond acceptors (Lipinski definition) is 0. The monoisotopic (exact) mass is 171 g/mol. The van der Waals surface area contributed by atoms with Crippen molar-refractivity contribution in [1.82, 2.24) is 0 Å². The Hall–Kier alpha value is -0.990. The Morgan fingerprint density at radius 3 is 1.83 bits per heavy atom. The molecule has 1 saturated carbocycles. The Kier molecular flexibility index (Phi) is 1.60. The molecule has 1 fully saturated rings. The lowest BCUT2D eigenvalue weighted by molar-refractivity contribution is 0.446. The molecule has 0 unspecified atom stereocenters. The van der Waals surface area contributed by atoms with Crippen LogP contribution in [0.1, 0.15) is 18.4 Å². The fourth-order valence-electron chi connectivity index (χ4n) is 1.11. The van der Waals surface area contributed by atoms with E-state index in [9.17, 15) is 13.2 Å². The molecule has 1 aromatic carbocycles. The van der Waals surface area contributed by atoms with E-state index in [0.717, 1.165) is 30.9 Å². The van der Waals surface area contributed by atoms with Gasteiger partial charge in [-0.15, -0.1) is 0 Å². The van der Waals surface area contributed by atoms with Gasteiger partial charge < -0.3 is 0 Å². The van der Waals surface area contributed by atoms with Crippen molar-refractivity contribution in [2.24, 2.45) is 0 Å². The van der Waals surface area contributed by atoms with E-state index in [1.807, 2.05) is 0 Å². The minimum Gasteiger partial charge on any atom is -0.204 e. The van der Waals surface area contributed by atoms with Gasteiger partial charge in [-0.2, -0.15) is 0 Å². The predicted octanol–water partition coefficient (Wildman–Crippen LogP) is 2.82. The van der Waals surface area contributed by atoms with Crippen LogP contribution in [0.3, 0.4) is 0 Å². The van der Waals surface area contributed by atoms with Gasteiger partial charge in [-0.25, -0.2) is 13.2 Å². The van der Waals surface area contributed by atoms with Gasteiger partial charge in [-0.1, -0.05) is 0 Å². The molecule has 0 saturated heterocycles. The van der Waals surface area contributed by atoms with Crippen molar-refractivity contribution in [2.75, 3.05) is 0 Å². The minimum atomic E-state index is -1.39. The zero-order valence-corrected chi connectivity index (χ0v) is 6.20. The zero-order valence-electron chi connectivity index (χ0n) is 6.20. The van der Waals surface area contributed by atoms with E-state index < -0.39 is 17.5 Å². The lowest BCUT2D eigenvalue weighted by atomic mass is 10.1. The van der Waals surface area contributed by atoms with E-state index in [1.165, 1.54) is 0 Å². The summed E-state index contributed by atoms with van der Waals surface area (Å²) in [7, 11) is 0. The van der Waals surface area contributed by atoms with Crippen LogP contribution in [-0.4, -0.2) is 0 Å². The Balaban J connectivity index is 2.45. The van der Waals surface area contributed by atoms with Gasteiger partial charge in [0.15, 0.2) is 17.5 Å². The third kappa shape index (κ3) is 1.19. The van der Waals surface area contributed by atoms with Gasteiger partial charge in [0.05, 0.1) is 0 Å². The average Bonchev–Trinajstić information content (AvgIpc) is 2.81. The van der Waals surface area contributed by atoms with E-state index >= 15 is 0 Å². The first kappa shape index (κ1) is 7.65. The van der Waals surface area contributed by atoms with Crippen molar-refractivity contribution in [3.63, 3.8) is 0 Å². The Morgan fingerprint density at radius 2 is 1.42 bits per heavy atom. The number of rotatable bonds is 1. The SMILES string of the molecule is Fc1cc([C]2CC2)cc(F)c1F. The average molecular weight is 171 g/mol. The maximum atomic E-state index is 12.6. The Labute approximate surface area is 68.0 Å². The summed E-state index contributed by atoms with van der Waals surface area (Å²) in [5.41, 5.74) is 0.492. The molecular weight excluding hydrogens is 165 g/mol. The molecule has 0 aliphatic heterocycles. The molecule has 0 bridgehead atoms. The van der Waals surface area contributed by atoms with Crippen LogP contribution >= 0.6 is 0 Å². The molecule has 0 spiro atoms. The topological polar surface area (TPSA) is 0 Å². The molecule has 1 radical (unpaired) electrons. The summed E-state index contributed by atoms with van der Waals surface area (Å²) in [5, 5.41) is 0. The fraction of sp³-hybridized carbons (Fsp3) is 0.222. The van der Waals surface area contributed by atoms with E-state index in [0.29, 0.717) is 5.56 Å². The second kappa shape index (κ2) is 2.51. The van der Waals surface area contributed by atoms with Crippen LogP contribution in [0.5, 0.6) is 0 Å². The molecule has 1 aromatic rings. The molecule has 1 aliphatic carbocycles. The molecule has 63 valence electrons. The third-order valence-corrected chi connectivity index (χ3v) is 1.89. The minimum absolute atomic E-state index is 0.492. The molecule has 3 heteroatoms. The third-order valence-electron chi connectivity index (χ3n) is 1.89. The van der Waals surface area contributed by atoms with Gasteiger partial charge in [0.1, 0.15) is 0 Å². The molecule has 0 N–H and O–H groups in total.